The third-order valence-corrected chi connectivity index (χ3v) is 9.40. The van der Waals surface area contributed by atoms with Crippen molar-refractivity contribution in [3.8, 4) is 0 Å². The highest BCUT2D eigenvalue weighted by Gasteiger charge is 2.64. The zero-order chi connectivity index (χ0) is 28.9. The number of anilines is 2. The van der Waals surface area contributed by atoms with Crippen molar-refractivity contribution in [3.05, 3.63) is 65.1 Å². The number of benzene rings is 2. The molecule has 40 heavy (non-hydrogen) atoms. The summed E-state index contributed by atoms with van der Waals surface area (Å²) in [5.74, 6) is -0.393. The summed E-state index contributed by atoms with van der Waals surface area (Å²) in [5.41, 5.74) is 1.14. The smallest absolute Gasteiger partial charge is 0.355 e. The molecule has 1 atom stereocenters. The molecule has 2 N–H and O–H groups in total. The van der Waals surface area contributed by atoms with Crippen LogP contribution in [-0.4, -0.2) is 71.2 Å². The van der Waals surface area contributed by atoms with E-state index >= 15 is 0 Å². The second-order valence-corrected chi connectivity index (χ2v) is 12.3. The molecule has 5 rings (SSSR count). The van der Waals surface area contributed by atoms with Crippen LogP contribution in [0.4, 0.5) is 28.9 Å². The van der Waals surface area contributed by atoms with Crippen molar-refractivity contribution in [3.63, 3.8) is 0 Å². The molecule has 1 saturated heterocycles. The maximum absolute atomic E-state index is 13.9. The van der Waals surface area contributed by atoms with Gasteiger partial charge in [0, 0.05) is 62.4 Å². The van der Waals surface area contributed by atoms with Crippen LogP contribution in [0.1, 0.15) is 35.6 Å². The predicted octanol–water partition coefficient (Wildman–Crippen LogP) is 4.39. The predicted molar refractivity (Wildman–Crippen MR) is 141 cm³/mol. The lowest BCUT2D eigenvalue weighted by atomic mass is 9.93. The number of rotatable bonds is 8. The van der Waals surface area contributed by atoms with Gasteiger partial charge in [-0.15, -0.1) is 5.10 Å². The molecule has 0 unspecified atom stereocenters. The topological polar surface area (TPSA) is 107 Å². The highest BCUT2D eigenvalue weighted by atomic mass is 32.2. The van der Waals surface area contributed by atoms with Crippen molar-refractivity contribution >= 4 is 27.6 Å². The van der Waals surface area contributed by atoms with E-state index < -0.39 is 33.5 Å². The number of alkyl halides is 3. The molecule has 0 bridgehead atoms. The van der Waals surface area contributed by atoms with Gasteiger partial charge in [-0.25, -0.2) is 12.8 Å². The summed E-state index contributed by atoms with van der Waals surface area (Å²) in [6.07, 6.45) is -2.03. The van der Waals surface area contributed by atoms with Gasteiger partial charge < -0.3 is 10.7 Å². The van der Waals surface area contributed by atoms with E-state index in [-0.39, 0.29) is 44.0 Å². The van der Waals surface area contributed by atoms with Crippen LogP contribution in [0.15, 0.2) is 47.6 Å². The number of halogens is 4. The van der Waals surface area contributed by atoms with Gasteiger partial charge in [0.15, 0.2) is 0 Å². The van der Waals surface area contributed by atoms with Gasteiger partial charge in [0.2, 0.25) is 5.03 Å². The Balaban J connectivity index is 1.51. The fraction of sp³-hybridized carbons (Fsp3) is 0.423. The summed E-state index contributed by atoms with van der Waals surface area (Å²) in [7, 11) is -2.54. The number of hydrogen-bond donors (Lipinski definition) is 2. The average molecular weight is 580 g/mol. The van der Waals surface area contributed by atoms with E-state index in [2.05, 4.69) is 15.5 Å². The van der Waals surface area contributed by atoms with Crippen LogP contribution in [0.3, 0.4) is 0 Å². The third-order valence-electron chi connectivity index (χ3n) is 7.67. The van der Waals surface area contributed by atoms with Gasteiger partial charge in [-0.2, -0.15) is 27.4 Å². The number of aromatic nitrogens is 3. The maximum atomic E-state index is 13.9. The monoisotopic (exact) mass is 579 g/mol. The minimum absolute atomic E-state index is 0.00399. The molecule has 1 aromatic heterocycles. The van der Waals surface area contributed by atoms with Crippen LogP contribution in [0.2, 0.25) is 0 Å². The van der Waals surface area contributed by atoms with E-state index in [9.17, 15) is 26.0 Å². The molecule has 214 valence electrons. The van der Waals surface area contributed by atoms with Gasteiger partial charge >= 0.3 is 6.18 Å². The summed E-state index contributed by atoms with van der Waals surface area (Å²) in [5, 5.41) is 18.7. The second kappa shape index (κ2) is 10.2. The first kappa shape index (κ1) is 28.2. The maximum Gasteiger partial charge on any atom is 0.395 e. The van der Waals surface area contributed by atoms with Crippen molar-refractivity contribution < 1.29 is 26.0 Å². The van der Waals surface area contributed by atoms with E-state index in [1.54, 1.807) is 36.1 Å². The highest BCUT2D eigenvalue weighted by molar-refractivity contribution is 7.89. The number of sulfonamides is 1. The van der Waals surface area contributed by atoms with Gasteiger partial charge in [0.25, 0.3) is 10.0 Å². The average Bonchev–Trinajstić information content (AvgIpc) is 3.57. The number of piperazine rings is 1. The van der Waals surface area contributed by atoms with Crippen molar-refractivity contribution in [1.29, 1.82) is 5.41 Å². The van der Waals surface area contributed by atoms with Crippen LogP contribution in [0.5, 0.6) is 0 Å². The summed E-state index contributed by atoms with van der Waals surface area (Å²) in [6.45, 7) is 1.57. The van der Waals surface area contributed by atoms with E-state index in [1.165, 1.54) is 23.5 Å². The quantitative estimate of drug-likeness (QED) is 0.303. The highest BCUT2D eigenvalue weighted by Crippen LogP contribution is 2.58. The molecule has 3 aromatic rings. The Morgan fingerprint density at radius 3 is 2.45 bits per heavy atom. The lowest BCUT2D eigenvalue weighted by Gasteiger charge is -2.43. The van der Waals surface area contributed by atoms with Crippen LogP contribution in [-0.2, 0) is 17.1 Å². The number of aryl methyl sites for hydroxylation is 2. The van der Waals surface area contributed by atoms with Crippen LogP contribution >= 0.6 is 0 Å². The Kier molecular flexibility index (Phi) is 7.21. The van der Waals surface area contributed by atoms with E-state index in [0.29, 0.717) is 28.1 Å². The van der Waals surface area contributed by atoms with Crippen molar-refractivity contribution in [2.24, 2.45) is 12.5 Å². The summed E-state index contributed by atoms with van der Waals surface area (Å²) in [6, 6.07) is 8.48. The SMILES string of the molecule is Cc1cc(Nc2ccc(F)cc2)c(C=N)cc1[C@H]1CN(S(=O)(=O)c2cnn(C)n2)CCN1CC1(C(F)(F)F)CC1. The molecule has 1 aliphatic heterocycles. The molecule has 1 saturated carbocycles. The molecule has 9 nitrogen and oxygen atoms in total. The minimum Gasteiger partial charge on any atom is -0.355 e. The van der Waals surface area contributed by atoms with E-state index in [4.69, 9.17) is 5.41 Å². The van der Waals surface area contributed by atoms with Gasteiger partial charge in [0.05, 0.1) is 11.6 Å². The molecule has 2 aliphatic rings. The molecule has 0 radical (unpaired) electrons. The molecule has 14 heteroatoms. The molecule has 2 heterocycles. The van der Waals surface area contributed by atoms with Crippen LogP contribution in [0, 0.1) is 23.6 Å². The molecule has 0 spiro atoms. The van der Waals surface area contributed by atoms with E-state index in [1.807, 2.05) is 0 Å². The molecule has 2 fully saturated rings. The van der Waals surface area contributed by atoms with Crippen molar-refractivity contribution in [2.75, 3.05) is 31.5 Å². The van der Waals surface area contributed by atoms with Gasteiger partial charge in [0.1, 0.15) is 5.82 Å². The lowest BCUT2D eigenvalue weighted by molar-refractivity contribution is -0.194. The normalized spacial score (nSPS) is 19.9. The van der Waals surface area contributed by atoms with Crippen molar-refractivity contribution in [2.45, 2.75) is 37.0 Å². The third kappa shape index (κ3) is 5.34. The second-order valence-electron chi connectivity index (χ2n) is 10.4. The minimum atomic E-state index is -4.36. The van der Waals surface area contributed by atoms with E-state index in [0.717, 1.165) is 17.2 Å². The molecule has 1 aliphatic carbocycles. The Labute approximate surface area is 229 Å². The first-order valence-corrected chi connectivity index (χ1v) is 14.1. The number of nitrogens with zero attached hydrogens (tertiary/aromatic N) is 5. The van der Waals surface area contributed by atoms with Crippen LogP contribution in [0.25, 0.3) is 0 Å². The molecule has 0 amide bonds. The zero-order valence-corrected chi connectivity index (χ0v) is 22.7. The number of hydrogen-bond acceptors (Lipinski definition) is 7. The summed E-state index contributed by atoms with van der Waals surface area (Å²) in [4.78, 5) is 2.85. The van der Waals surface area contributed by atoms with Gasteiger partial charge in [-0.3, -0.25) is 4.90 Å². The zero-order valence-electron chi connectivity index (χ0n) is 21.9. The largest absolute Gasteiger partial charge is 0.395 e. The Morgan fingerprint density at radius 1 is 1.18 bits per heavy atom. The first-order chi connectivity index (χ1) is 18.8. The first-order valence-electron chi connectivity index (χ1n) is 12.7. The summed E-state index contributed by atoms with van der Waals surface area (Å²) >= 11 is 0. The lowest BCUT2D eigenvalue weighted by Crippen LogP contribution is -2.53. The van der Waals surface area contributed by atoms with Crippen LogP contribution < -0.4 is 5.32 Å². The molecular formula is C26H29F4N7O2S. The standard InChI is InChI=1S/C26H29F4N7O2S/c1-17-11-22(33-20-5-3-19(27)4-6-20)18(13-31)12-21(17)23-15-37(40(38,39)24-14-32-35(2)34-24)10-9-36(23)16-25(7-8-25)26(28,29)30/h3-6,11-14,23,31,33H,7-10,15-16H2,1-2H3/t23-/m1/s1. The van der Waals surface area contributed by atoms with Gasteiger partial charge in [-0.1, -0.05) is 0 Å². The van der Waals surface area contributed by atoms with Crippen molar-refractivity contribution in [1.82, 2.24) is 24.2 Å². The molecule has 2 aromatic carbocycles. The Hall–Kier alpha value is -3.36. The Bertz CT molecular complexity index is 1520. The molecular weight excluding hydrogens is 550 g/mol. The fourth-order valence-corrected chi connectivity index (χ4v) is 6.49. The number of nitrogens with one attached hydrogen (secondary N) is 2. The fourth-order valence-electron chi connectivity index (χ4n) is 5.16. The Morgan fingerprint density at radius 2 is 1.88 bits per heavy atom. The van der Waals surface area contributed by atoms with Gasteiger partial charge in [-0.05, 0) is 67.3 Å². The summed E-state index contributed by atoms with van der Waals surface area (Å²) < 4.78 is 83.2.